The molecule has 18 heavy (non-hydrogen) atoms. The minimum atomic E-state index is -0.610. The van der Waals surface area contributed by atoms with Crippen LogP contribution in [0.25, 0.3) is 0 Å². The van der Waals surface area contributed by atoms with Crippen molar-refractivity contribution in [3.63, 3.8) is 0 Å². The van der Waals surface area contributed by atoms with Gasteiger partial charge in [0.15, 0.2) is 5.82 Å². The highest BCUT2D eigenvalue weighted by molar-refractivity contribution is 5.21. The molecule has 0 unspecified atom stereocenters. The van der Waals surface area contributed by atoms with Gasteiger partial charge in [0.05, 0.1) is 13.0 Å². The van der Waals surface area contributed by atoms with Crippen LogP contribution >= 0.6 is 0 Å². The molecule has 0 aliphatic heterocycles. The fourth-order valence-corrected chi connectivity index (χ4v) is 1.50. The normalized spacial score (nSPS) is 10.8. The van der Waals surface area contributed by atoms with E-state index in [2.05, 4.69) is 15.5 Å². The molecule has 96 valence electrons. The molecule has 6 heteroatoms. The lowest BCUT2D eigenvalue weighted by molar-refractivity contribution is 0.376. The number of hydrogen-bond acceptors (Lipinski definition) is 4. The molecule has 4 nitrogen and oxygen atoms in total. The molecule has 0 aliphatic carbocycles. The Balaban J connectivity index is 2.06. The molecular formula is C12H13F2N3O. The molecule has 2 aromatic rings. The summed E-state index contributed by atoms with van der Waals surface area (Å²) in [4.78, 5) is 4.11. The van der Waals surface area contributed by atoms with Gasteiger partial charge in [-0.25, -0.2) is 8.78 Å². The zero-order chi connectivity index (χ0) is 13.0. The zero-order valence-corrected chi connectivity index (χ0v) is 9.91. The van der Waals surface area contributed by atoms with Crippen LogP contribution < -0.4 is 5.32 Å². The molecule has 0 saturated carbocycles. The fraction of sp³-hybridized carbons (Fsp3) is 0.333. The van der Waals surface area contributed by atoms with Crippen molar-refractivity contribution in [1.29, 1.82) is 0 Å². The predicted octanol–water partition coefficient (Wildman–Crippen LogP) is 2.05. The monoisotopic (exact) mass is 253 g/mol. The number of hydrogen-bond donors (Lipinski definition) is 1. The molecule has 1 heterocycles. The second kappa shape index (κ2) is 5.68. The first-order valence-corrected chi connectivity index (χ1v) is 5.65. The third-order valence-electron chi connectivity index (χ3n) is 2.40. The lowest BCUT2D eigenvalue weighted by Crippen LogP contribution is -2.12. The molecule has 1 aromatic heterocycles. The Morgan fingerprint density at radius 2 is 2.17 bits per heavy atom. The first-order chi connectivity index (χ1) is 8.69. The van der Waals surface area contributed by atoms with Crippen LogP contribution in [0, 0.1) is 11.6 Å². The Morgan fingerprint density at radius 3 is 2.89 bits per heavy atom. The summed E-state index contributed by atoms with van der Waals surface area (Å²) in [6, 6.07) is 3.42. The number of rotatable bonds is 5. The smallest absolute Gasteiger partial charge is 0.231 e. The van der Waals surface area contributed by atoms with Crippen LogP contribution in [0.1, 0.15) is 24.2 Å². The summed E-state index contributed by atoms with van der Waals surface area (Å²) in [7, 11) is 0. The third-order valence-corrected chi connectivity index (χ3v) is 2.40. The highest BCUT2D eigenvalue weighted by atomic mass is 19.1. The van der Waals surface area contributed by atoms with Gasteiger partial charge in [0, 0.05) is 6.07 Å². The molecule has 0 spiro atoms. The van der Waals surface area contributed by atoms with Crippen LogP contribution in [0.15, 0.2) is 22.7 Å². The SMILES string of the molecule is CCNCc1noc(Cc2ccc(F)cc2F)n1. The van der Waals surface area contributed by atoms with Crippen LogP contribution in [-0.4, -0.2) is 16.7 Å². The zero-order valence-electron chi connectivity index (χ0n) is 9.91. The molecule has 0 atom stereocenters. The first-order valence-electron chi connectivity index (χ1n) is 5.65. The van der Waals surface area contributed by atoms with Gasteiger partial charge in [-0.1, -0.05) is 18.1 Å². The third kappa shape index (κ3) is 3.10. The number of aromatic nitrogens is 2. The second-order valence-electron chi connectivity index (χ2n) is 3.80. The van der Waals surface area contributed by atoms with Crippen molar-refractivity contribution in [3.05, 3.63) is 47.1 Å². The van der Waals surface area contributed by atoms with Gasteiger partial charge in [-0.2, -0.15) is 4.98 Å². The van der Waals surface area contributed by atoms with Gasteiger partial charge in [0.25, 0.3) is 0 Å². The average Bonchev–Trinajstić information content (AvgIpc) is 2.78. The van der Waals surface area contributed by atoms with Crippen molar-refractivity contribution in [2.45, 2.75) is 19.9 Å². The summed E-state index contributed by atoms with van der Waals surface area (Å²) in [6.07, 6.45) is 0.158. The summed E-state index contributed by atoms with van der Waals surface area (Å²) in [5.41, 5.74) is 0.329. The van der Waals surface area contributed by atoms with Crippen LogP contribution in [0.2, 0.25) is 0 Å². The number of nitrogens with one attached hydrogen (secondary N) is 1. The Bertz CT molecular complexity index is 528. The topological polar surface area (TPSA) is 51.0 Å². The molecule has 1 N–H and O–H groups in total. The average molecular weight is 253 g/mol. The summed E-state index contributed by atoms with van der Waals surface area (Å²) < 4.78 is 31.1. The van der Waals surface area contributed by atoms with E-state index < -0.39 is 11.6 Å². The van der Waals surface area contributed by atoms with Gasteiger partial charge >= 0.3 is 0 Å². The van der Waals surface area contributed by atoms with E-state index in [1.807, 2.05) is 6.92 Å². The number of benzene rings is 1. The van der Waals surface area contributed by atoms with E-state index in [-0.39, 0.29) is 6.42 Å². The second-order valence-corrected chi connectivity index (χ2v) is 3.80. The molecule has 0 radical (unpaired) electrons. The largest absolute Gasteiger partial charge is 0.339 e. The van der Waals surface area contributed by atoms with Crippen molar-refractivity contribution < 1.29 is 13.3 Å². The molecule has 0 aliphatic rings. The first kappa shape index (κ1) is 12.6. The molecule has 0 saturated heterocycles. The highest BCUT2D eigenvalue weighted by Crippen LogP contribution is 2.13. The Hall–Kier alpha value is -1.82. The van der Waals surface area contributed by atoms with Gasteiger partial charge in [-0.15, -0.1) is 0 Å². The summed E-state index contributed by atoms with van der Waals surface area (Å²) in [6.45, 7) is 3.28. The standard InChI is InChI=1S/C12H13F2N3O/c1-2-15-7-11-16-12(18-17-11)5-8-3-4-9(13)6-10(8)14/h3-4,6,15H,2,5,7H2,1H3. The van der Waals surface area contributed by atoms with E-state index in [0.717, 1.165) is 12.6 Å². The maximum absolute atomic E-state index is 13.4. The molecular weight excluding hydrogens is 240 g/mol. The van der Waals surface area contributed by atoms with Gasteiger partial charge < -0.3 is 9.84 Å². The van der Waals surface area contributed by atoms with Gasteiger partial charge in [-0.3, -0.25) is 0 Å². The molecule has 0 fully saturated rings. The Labute approximate surface area is 103 Å². The lowest BCUT2D eigenvalue weighted by atomic mass is 10.1. The van der Waals surface area contributed by atoms with Crippen LogP contribution in [-0.2, 0) is 13.0 Å². The van der Waals surface area contributed by atoms with Gasteiger partial charge in [0.2, 0.25) is 5.89 Å². The fourth-order valence-electron chi connectivity index (χ4n) is 1.50. The molecule has 0 amide bonds. The maximum Gasteiger partial charge on any atom is 0.231 e. The predicted molar refractivity (Wildman–Crippen MR) is 60.8 cm³/mol. The molecule has 0 bridgehead atoms. The van der Waals surface area contributed by atoms with Crippen molar-refractivity contribution >= 4 is 0 Å². The lowest BCUT2D eigenvalue weighted by Gasteiger charge is -1.99. The van der Waals surface area contributed by atoms with Crippen molar-refractivity contribution in [2.24, 2.45) is 0 Å². The van der Waals surface area contributed by atoms with E-state index in [9.17, 15) is 8.78 Å². The minimum absolute atomic E-state index is 0.158. The van der Waals surface area contributed by atoms with Gasteiger partial charge in [0.1, 0.15) is 11.6 Å². The van der Waals surface area contributed by atoms with Crippen molar-refractivity contribution in [1.82, 2.24) is 15.5 Å². The summed E-state index contributed by atoms with van der Waals surface area (Å²) >= 11 is 0. The van der Waals surface area contributed by atoms with Crippen LogP contribution in [0.3, 0.4) is 0 Å². The van der Waals surface area contributed by atoms with E-state index in [1.54, 1.807) is 0 Å². The summed E-state index contributed by atoms with van der Waals surface area (Å²) in [5.74, 6) is -0.376. The highest BCUT2D eigenvalue weighted by Gasteiger charge is 2.10. The van der Waals surface area contributed by atoms with E-state index in [4.69, 9.17) is 4.52 Å². The Kier molecular flexibility index (Phi) is 3.99. The van der Waals surface area contributed by atoms with Crippen molar-refractivity contribution in [3.8, 4) is 0 Å². The Morgan fingerprint density at radius 1 is 1.33 bits per heavy atom. The van der Waals surface area contributed by atoms with E-state index in [1.165, 1.54) is 12.1 Å². The summed E-state index contributed by atoms with van der Waals surface area (Å²) in [5, 5.41) is 6.80. The molecule has 2 rings (SSSR count). The van der Waals surface area contributed by atoms with Crippen molar-refractivity contribution in [2.75, 3.05) is 6.54 Å². The minimum Gasteiger partial charge on any atom is -0.339 e. The van der Waals surface area contributed by atoms with Crippen LogP contribution in [0.4, 0.5) is 8.78 Å². The molecule has 1 aromatic carbocycles. The van der Waals surface area contributed by atoms with E-state index >= 15 is 0 Å². The number of halogens is 2. The quantitative estimate of drug-likeness (QED) is 0.886. The van der Waals surface area contributed by atoms with Crippen LogP contribution in [0.5, 0.6) is 0 Å². The van der Waals surface area contributed by atoms with Gasteiger partial charge in [-0.05, 0) is 18.2 Å². The number of nitrogens with zero attached hydrogens (tertiary/aromatic N) is 2. The van der Waals surface area contributed by atoms with E-state index in [0.29, 0.717) is 23.8 Å². The maximum atomic E-state index is 13.4.